The highest BCUT2D eigenvalue weighted by Crippen LogP contribution is 2.31. The number of rotatable bonds is 3. The normalized spacial score (nSPS) is 10.8. The van der Waals surface area contributed by atoms with Gasteiger partial charge in [-0.3, -0.25) is 4.79 Å². The Hall–Kier alpha value is -2.62. The number of hydrogen-bond acceptors (Lipinski definition) is 1. The molecule has 0 amide bonds. The zero-order chi connectivity index (χ0) is 14.1. The Kier molecular flexibility index (Phi) is 2.99. The number of fused-ring (bicyclic) bond motifs is 1. The lowest BCUT2D eigenvalue weighted by Gasteiger charge is -2.03. The second-order valence-electron chi connectivity index (χ2n) is 4.60. The van der Waals surface area contributed by atoms with Crippen molar-refractivity contribution in [1.82, 2.24) is 4.98 Å². The predicted molar refractivity (Wildman–Crippen MR) is 75.0 cm³/mol. The van der Waals surface area contributed by atoms with Crippen LogP contribution in [0.2, 0.25) is 0 Å². The fourth-order valence-electron chi connectivity index (χ4n) is 2.43. The third-order valence-electron chi connectivity index (χ3n) is 3.25. The molecule has 0 atom stereocenters. The SMILES string of the molecule is O=C(O)Cc1c(-c2cccc(F)c2)[nH]c2ccccc12. The molecule has 2 N–H and O–H groups in total. The molecule has 0 fully saturated rings. The van der Waals surface area contributed by atoms with Gasteiger partial charge in [-0.2, -0.15) is 0 Å². The minimum absolute atomic E-state index is 0.101. The number of aliphatic carboxylic acids is 1. The summed E-state index contributed by atoms with van der Waals surface area (Å²) in [7, 11) is 0. The van der Waals surface area contributed by atoms with Crippen molar-refractivity contribution in [2.45, 2.75) is 6.42 Å². The van der Waals surface area contributed by atoms with E-state index in [1.807, 2.05) is 24.3 Å². The minimum atomic E-state index is -0.910. The standard InChI is InChI=1S/C16H12FNO2/c17-11-5-3-4-10(8-11)16-13(9-15(19)20)12-6-1-2-7-14(12)18-16/h1-8,18H,9H2,(H,19,20). The molecular formula is C16H12FNO2. The van der Waals surface area contributed by atoms with Gasteiger partial charge in [0.15, 0.2) is 0 Å². The monoisotopic (exact) mass is 269 g/mol. The summed E-state index contributed by atoms with van der Waals surface area (Å²) in [6.07, 6.45) is -0.101. The minimum Gasteiger partial charge on any atom is -0.481 e. The zero-order valence-corrected chi connectivity index (χ0v) is 10.6. The fourth-order valence-corrected chi connectivity index (χ4v) is 2.43. The van der Waals surface area contributed by atoms with E-state index in [2.05, 4.69) is 4.98 Å². The lowest BCUT2D eigenvalue weighted by atomic mass is 10.0. The first-order valence-corrected chi connectivity index (χ1v) is 6.22. The second-order valence-corrected chi connectivity index (χ2v) is 4.60. The number of aromatic nitrogens is 1. The molecule has 0 bridgehead atoms. The first-order valence-electron chi connectivity index (χ1n) is 6.22. The van der Waals surface area contributed by atoms with Gasteiger partial charge in [0.05, 0.1) is 12.1 Å². The highest BCUT2D eigenvalue weighted by Gasteiger charge is 2.15. The molecule has 0 aliphatic heterocycles. The van der Waals surface area contributed by atoms with E-state index in [4.69, 9.17) is 5.11 Å². The molecule has 20 heavy (non-hydrogen) atoms. The van der Waals surface area contributed by atoms with E-state index in [9.17, 15) is 9.18 Å². The Morgan fingerprint density at radius 2 is 1.95 bits per heavy atom. The zero-order valence-electron chi connectivity index (χ0n) is 10.6. The first-order chi connectivity index (χ1) is 9.65. The van der Waals surface area contributed by atoms with Crippen LogP contribution in [-0.2, 0) is 11.2 Å². The predicted octanol–water partition coefficient (Wildman–Crippen LogP) is 3.60. The number of carboxylic acid groups (broad SMARTS) is 1. The highest BCUT2D eigenvalue weighted by molar-refractivity contribution is 5.93. The van der Waals surface area contributed by atoms with Crippen molar-refractivity contribution in [3.8, 4) is 11.3 Å². The average Bonchev–Trinajstić information content (AvgIpc) is 2.77. The average molecular weight is 269 g/mol. The van der Waals surface area contributed by atoms with E-state index >= 15 is 0 Å². The summed E-state index contributed by atoms with van der Waals surface area (Å²) < 4.78 is 13.4. The van der Waals surface area contributed by atoms with Crippen LogP contribution in [0.25, 0.3) is 22.2 Å². The molecule has 2 aromatic carbocycles. The smallest absolute Gasteiger partial charge is 0.307 e. The number of halogens is 1. The molecule has 3 nitrogen and oxygen atoms in total. The quantitative estimate of drug-likeness (QED) is 0.763. The van der Waals surface area contributed by atoms with Crippen LogP contribution in [0.15, 0.2) is 48.5 Å². The Labute approximate surface area is 114 Å². The number of para-hydroxylation sites is 1. The molecule has 0 spiro atoms. The maximum Gasteiger partial charge on any atom is 0.307 e. The molecule has 3 aromatic rings. The van der Waals surface area contributed by atoms with Gasteiger partial charge in [0, 0.05) is 16.5 Å². The van der Waals surface area contributed by atoms with Crippen molar-refractivity contribution in [3.63, 3.8) is 0 Å². The molecule has 0 unspecified atom stereocenters. The molecule has 1 heterocycles. The third-order valence-corrected chi connectivity index (χ3v) is 3.25. The van der Waals surface area contributed by atoms with Gasteiger partial charge < -0.3 is 10.1 Å². The van der Waals surface area contributed by atoms with Crippen LogP contribution in [0, 0.1) is 5.82 Å². The van der Waals surface area contributed by atoms with Crippen LogP contribution in [0.1, 0.15) is 5.56 Å². The summed E-state index contributed by atoms with van der Waals surface area (Å²) in [5, 5.41) is 9.94. The summed E-state index contributed by atoms with van der Waals surface area (Å²) in [6.45, 7) is 0. The second kappa shape index (κ2) is 4.81. The number of aromatic amines is 1. The Morgan fingerprint density at radius 3 is 2.70 bits per heavy atom. The summed E-state index contributed by atoms with van der Waals surface area (Å²) >= 11 is 0. The molecule has 0 aliphatic carbocycles. The van der Waals surface area contributed by atoms with Crippen molar-refractivity contribution in [2.75, 3.05) is 0 Å². The summed E-state index contributed by atoms with van der Waals surface area (Å²) in [5.41, 5.74) is 2.84. The first kappa shape index (κ1) is 12.4. The van der Waals surface area contributed by atoms with Crippen molar-refractivity contribution in [2.24, 2.45) is 0 Å². The van der Waals surface area contributed by atoms with Crippen LogP contribution in [0.5, 0.6) is 0 Å². The van der Waals surface area contributed by atoms with E-state index < -0.39 is 5.97 Å². The number of carboxylic acids is 1. The Bertz CT molecular complexity index is 792. The summed E-state index contributed by atoms with van der Waals surface area (Å²) in [6, 6.07) is 13.6. The van der Waals surface area contributed by atoms with Gasteiger partial charge >= 0.3 is 5.97 Å². The number of nitrogens with one attached hydrogen (secondary N) is 1. The van der Waals surface area contributed by atoms with E-state index in [-0.39, 0.29) is 12.2 Å². The van der Waals surface area contributed by atoms with Crippen molar-refractivity contribution in [3.05, 3.63) is 59.9 Å². The molecule has 0 saturated heterocycles. The van der Waals surface area contributed by atoms with Crippen molar-refractivity contribution >= 4 is 16.9 Å². The van der Waals surface area contributed by atoms with Gasteiger partial charge in [-0.05, 0) is 23.8 Å². The molecule has 100 valence electrons. The molecule has 0 saturated carbocycles. The summed E-state index contributed by atoms with van der Waals surface area (Å²) in [5.74, 6) is -1.25. The van der Waals surface area contributed by atoms with Crippen molar-refractivity contribution in [1.29, 1.82) is 0 Å². The van der Waals surface area contributed by atoms with E-state index in [0.29, 0.717) is 16.8 Å². The molecule has 0 radical (unpaired) electrons. The summed E-state index contributed by atoms with van der Waals surface area (Å²) in [4.78, 5) is 14.3. The highest BCUT2D eigenvalue weighted by atomic mass is 19.1. The lowest BCUT2D eigenvalue weighted by Crippen LogP contribution is -2.01. The van der Waals surface area contributed by atoms with Crippen molar-refractivity contribution < 1.29 is 14.3 Å². The molecule has 0 aliphatic rings. The number of benzene rings is 2. The van der Waals surface area contributed by atoms with Gasteiger partial charge in [0.25, 0.3) is 0 Å². The van der Waals surface area contributed by atoms with Crippen LogP contribution < -0.4 is 0 Å². The molecule has 4 heteroatoms. The van der Waals surface area contributed by atoms with Gasteiger partial charge in [0.2, 0.25) is 0 Å². The Morgan fingerprint density at radius 1 is 1.15 bits per heavy atom. The maximum absolute atomic E-state index is 13.4. The van der Waals surface area contributed by atoms with Gasteiger partial charge in [-0.25, -0.2) is 4.39 Å². The van der Waals surface area contributed by atoms with Gasteiger partial charge in [-0.15, -0.1) is 0 Å². The van der Waals surface area contributed by atoms with Crippen LogP contribution >= 0.6 is 0 Å². The Balaban J connectivity index is 2.26. The molecular weight excluding hydrogens is 257 g/mol. The third kappa shape index (κ3) is 2.16. The molecule has 1 aromatic heterocycles. The van der Waals surface area contributed by atoms with Crippen LogP contribution in [0.4, 0.5) is 4.39 Å². The molecule has 3 rings (SSSR count). The largest absolute Gasteiger partial charge is 0.481 e. The van der Waals surface area contributed by atoms with E-state index in [1.165, 1.54) is 12.1 Å². The number of H-pyrrole nitrogens is 1. The topological polar surface area (TPSA) is 53.1 Å². The van der Waals surface area contributed by atoms with Crippen LogP contribution in [-0.4, -0.2) is 16.1 Å². The number of hydrogen-bond donors (Lipinski definition) is 2. The van der Waals surface area contributed by atoms with E-state index in [1.54, 1.807) is 12.1 Å². The van der Waals surface area contributed by atoms with Gasteiger partial charge in [0.1, 0.15) is 5.82 Å². The lowest BCUT2D eigenvalue weighted by molar-refractivity contribution is -0.136. The van der Waals surface area contributed by atoms with Crippen LogP contribution in [0.3, 0.4) is 0 Å². The van der Waals surface area contributed by atoms with Gasteiger partial charge in [-0.1, -0.05) is 30.3 Å². The fraction of sp³-hybridized carbons (Fsp3) is 0.0625. The number of carbonyl (C=O) groups is 1. The van der Waals surface area contributed by atoms with E-state index in [0.717, 1.165) is 10.9 Å². The maximum atomic E-state index is 13.4.